The zero-order valence-electron chi connectivity index (χ0n) is 18.1. The summed E-state index contributed by atoms with van der Waals surface area (Å²) in [4.78, 5) is 28.6. The minimum atomic E-state index is -0.182. The Morgan fingerprint density at radius 3 is 2.58 bits per heavy atom. The lowest BCUT2D eigenvalue weighted by Gasteiger charge is -2.29. The molecule has 3 aliphatic heterocycles. The van der Waals surface area contributed by atoms with Crippen molar-refractivity contribution in [3.63, 3.8) is 0 Å². The first-order valence-corrected chi connectivity index (χ1v) is 11.6. The average molecular weight is 418 g/mol. The van der Waals surface area contributed by atoms with Gasteiger partial charge >= 0.3 is 0 Å². The van der Waals surface area contributed by atoms with Crippen LogP contribution in [0, 0.1) is 0 Å². The van der Waals surface area contributed by atoms with Gasteiger partial charge in [0.2, 0.25) is 11.8 Å². The van der Waals surface area contributed by atoms with Crippen LogP contribution in [0.5, 0.6) is 0 Å². The van der Waals surface area contributed by atoms with Crippen LogP contribution in [0.4, 0.5) is 0 Å². The summed E-state index contributed by atoms with van der Waals surface area (Å²) < 4.78 is 0. The molecule has 0 aromatic heterocycles. The maximum atomic E-state index is 12.3. The second-order valence-electron chi connectivity index (χ2n) is 9.29. The number of piperidine rings is 1. The number of rotatable bonds is 4. The summed E-state index contributed by atoms with van der Waals surface area (Å²) in [5.41, 5.74) is 5.53. The van der Waals surface area contributed by atoms with E-state index in [2.05, 4.69) is 63.6 Å². The molecule has 3 heterocycles. The van der Waals surface area contributed by atoms with E-state index < -0.39 is 0 Å². The number of benzene rings is 2. The van der Waals surface area contributed by atoms with Crippen molar-refractivity contribution >= 4 is 11.8 Å². The SMILES string of the molecule is O=C1CCC(N2Cc3ccc([C@@H]4CCCN(Cc5ccccc5)CC4)cc3C2)C(=O)N1. The molecule has 2 atom stereocenters. The third-order valence-corrected chi connectivity index (χ3v) is 7.17. The number of carbonyl (C=O) groups is 2. The summed E-state index contributed by atoms with van der Waals surface area (Å²) in [5.74, 6) is 0.331. The Hall–Kier alpha value is -2.50. The minimum Gasteiger partial charge on any atom is -0.299 e. The van der Waals surface area contributed by atoms with Crippen LogP contribution in [0.3, 0.4) is 0 Å². The predicted octanol–water partition coefficient (Wildman–Crippen LogP) is 3.58. The van der Waals surface area contributed by atoms with Crippen molar-refractivity contribution in [1.82, 2.24) is 15.1 Å². The Bertz CT molecular complexity index is 958. The highest BCUT2D eigenvalue weighted by Crippen LogP contribution is 2.33. The van der Waals surface area contributed by atoms with E-state index in [0.717, 1.165) is 26.2 Å². The van der Waals surface area contributed by atoms with E-state index in [1.165, 1.54) is 48.1 Å². The standard InChI is InChI=1S/C26H31N3O2/c30-25-11-10-24(26(31)27-25)29-17-22-9-8-21(15-23(22)18-29)20-7-4-13-28(14-12-20)16-19-5-2-1-3-6-19/h1-3,5-6,8-9,15,20,24H,4,7,10-14,16-18H2,(H,27,30,31)/t20-,24?/m1/s1. The molecule has 3 aliphatic rings. The molecule has 1 unspecified atom stereocenters. The summed E-state index contributed by atoms with van der Waals surface area (Å²) in [6.07, 6.45) is 4.74. The summed E-state index contributed by atoms with van der Waals surface area (Å²) in [7, 11) is 0. The molecule has 0 spiro atoms. The summed E-state index contributed by atoms with van der Waals surface area (Å²) >= 11 is 0. The van der Waals surface area contributed by atoms with E-state index in [1.807, 2.05) is 0 Å². The molecule has 0 aliphatic carbocycles. The van der Waals surface area contributed by atoms with Crippen molar-refractivity contribution in [2.24, 2.45) is 0 Å². The van der Waals surface area contributed by atoms with Crippen molar-refractivity contribution in [2.45, 2.75) is 63.7 Å². The van der Waals surface area contributed by atoms with Crippen LogP contribution in [0.15, 0.2) is 48.5 Å². The minimum absolute atomic E-state index is 0.133. The van der Waals surface area contributed by atoms with Crippen molar-refractivity contribution in [2.75, 3.05) is 13.1 Å². The molecule has 2 fully saturated rings. The molecule has 0 radical (unpaired) electrons. The molecule has 31 heavy (non-hydrogen) atoms. The first-order chi connectivity index (χ1) is 15.2. The fraction of sp³-hybridized carbons (Fsp3) is 0.462. The molecule has 2 aromatic rings. The van der Waals surface area contributed by atoms with E-state index in [1.54, 1.807) is 0 Å². The van der Waals surface area contributed by atoms with Gasteiger partial charge < -0.3 is 0 Å². The Kier molecular flexibility index (Phi) is 5.88. The van der Waals surface area contributed by atoms with Gasteiger partial charge in [-0.1, -0.05) is 48.5 Å². The molecule has 162 valence electrons. The van der Waals surface area contributed by atoms with Crippen LogP contribution in [0.2, 0.25) is 0 Å². The summed E-state index contributed by atoms with van der Waals surface area (Å²) in [6, 6.07) is 17.5. The molecule has 5 nitrogen and oxygen atoms in total. The number of nitrogens with zero attached hydrogens (tertiary/aromatic N) is 2. The van der Waals surface area contributed by atoms with Gasteiger partial charge in [-0.05, 0) is 66.9 Å². The summed E-state index contributed by atoms with van der Waals surface area (Å²) in [5, 5.41) is 2.50. The van der Waals surface area contributed by atoms with Crippen molar-refractivity contribution in [3.8, 4) is 0 Å². The molecular weight excluding hydrogens is 386 g/mol. The van der Waals surface area contributed by atoms with Crippen molar-refractivity contribution < 1.29 is 9.59 Å². The first kappa shape index (κ1) is 20.4. The lowest BCUT2D eigenvalue weighted by atomic mass is 9.90. The van der Waals surface area contributed by atoms with Crippen molar-refractivity contribution in [3.05, 3.63) is 70.8 Å². The number of hydrogen-bond donors (Lipinski definition) is 1. The highest BCUT2D eigenvalue weighted by atomic mass is 16.2. The average Bonchev–Trinajstić information content (AvgIpc) is 3.05. The molecule has 1 N–H and O–H groups in total. The Balaban J connectivity index is 1.22. The zero-order valence-corrected chi connectivity index (χ0v) is 18.1. The smallest absolute Gasteiger partial charge is 0.243 e. The number of fused-ring (bicyclic) bond motifs is 1. The number of imide groups is 1. The fourth-order valence-electron chi connectivity index (χ4n) is 5.43. The van der Waals surface area contributed by atoms with E-state index in [4.69, 9.17) is 0 Å². The van der Waals surface area contributed by atoms with E-state index in [9.17, 15) is 9.59 Å². The Morgan fingerprint density at radius 1 is 0.903 bits per heavy atom. The van der Waals surface area contributed by atoms with Gasteiger partial charge in [0.15, 0.2) is 0 Å². The van der Waals surface area contributed by atoms with E-state index in [-0.39, 0.29) is 17.9 Å². The fourth-order valence-corrected chi connectivity index (χ4v) is 5.43. The quantitative estimate of drug-likeness (QED) is 0.773. The van der Waals surface area contributed by atoms with Gasteiger partial charge in [0.1, 0.15) is 0 Å². The van der Waals surface area contributed by atoms with Gasteiger partial charge in [-0.25, -0.2) is 0 Å². The lowest BCUT2D eigenvalue weighted by molar-refractivity contribution is -0.137. The molecule has 2 amide bonds. The molecule has 5 rings (SSSR count). The molecule has 2 saturated heterocycles. The molecule has 0 bridgehead atoms. The first-order valence-electron chi connectivity index (χ1n) is 11.6. The topological polar surface area (TPSA) is 52.7 Å². The number of carbonyl (C=O) groups excluding carboxylic acids is 2. The largest absolute Gasteiger partial charge is 0.299 e. The monoisotopic (exact) mass is 417 g/mol. The van der Waals surface area contributed by atoms with Gasteiger partial charge in [-0.15, -0.1) is 0 Å². The normalized spacial score (nSPS) is 25.2. The van der Waals surface area contributed by atoms with Crippen molar-refractivity contribution in [1.29, 1.82) is 0 Å². The summed E-state index contributed by atoms with van der Waals surface area (Å²) in [6.45, 7) is 4.96. The van der Waals surface area contributed by atoms with Crippen LogP contribution in [-0.2, 0) is 29.2 Å². The Morgan fingerprint density at radius 2 is 1.74 bits per heavy atom. The van der Waals surface area contributed by atoms with Gasteiger partial charge in [0.05, 0.1) is 6.04 Å². The molecule has 2 aromatic carbocycles. The number of hydrogen-bond acceptors (Lipinski definition) is 4. The number of likely N-dealkylation sites (tertiary alicyclic amines) is 1. The van der Waals surface area contributed by atoms with Crippen LogP contribution in [-0.4, -0.2) is 40.7 Å². The number of amides is 2. The third-order valence-electron chi connectivity index (χ3n) is 7.17. The van der Waals surface area contributed by atoms with Crippen LogP contribution >= 0.6 is 0 Å². The second kappa shape index (κ2) is 8.93. The maximum Gasteiger partial charge on any atom is 0.243 e. The van der Waals surface area contributed by atoms with E-state index in [0.29, 0.717) is 18.8 Å². The van der Waals surface area contributed by atoms with Gasteiger partial charge in [-0.2, -0.15) is 0 Å². The van der Waals surface area contributed by atoms with Crippen LogP contribution < -0.4 is 5.32 Å². The maximum absolute atomic E-state index is 12.3. The molecule has 0 saturated carbocycles. The van der Waals surface area contributed by atoms with E-state index >= 15 is 0 Å². The number of nitrogens with one attached hydrogen (secondary N) is 1. The van der Waals surface area contributed by atoms with Gasteiger partial charge in [-0.3, -0.25) is 24.7 Å². The Labute approximate surface area is 184 Å². The molecular formula is C26H31N3O2. The highest BCUT2D eigenvalue weighted by molar-refractivity contribution is 6.00. The van der Waals surface area contributed by atoms with Gasteiger partial charge in [0.25, 0.3) is 0 Å². The predicted molar refractivity (Wildman–Crippen MR) is 120 cm³/mol. The highest BCUT2D eigenvalue weighted by Gasteiger charge is 2.35. The molecule has 5 heteroatoms. The van der Waals surface area contributed by atoms with Gasteiger partial charge in [0, 0.05) is 26.1 Å². The third kappa shape index (κ3) is 4.58. The van der Waals surface area contributed by atoms with Crippen LogP contribution in [0.1, 0.15) is 60.3 Å². The second-order valence-corrected chi connectivity index (χ2v) is 9.29. The van der Waals surface area contributed by atoms with Crippen LogP contribution in [0.25, 0.3) is 0 Å². The zero-order chi connectivity index (χ0) is 21.2. The lowest BCUT2D eigenvalue weighted by Crippen LogP contribution is -2.50.